The second kappa shape index (κ2) is 8.77. The van der Waals surface area contributed by atoms with Crippen LogP contribution in [0.2, 0.25) is 0 Å². The summed E-state index contributed by atoms with van der Waals surface area (Å²) < 4.78 is 36.0. The Kier molecular flexibility index (Phi) is 6.68. The molecule has 0 spiro atoms. The molecule has 0 bridgehead atoms. The van der Waals surface area contributed by atoms with Crippen molar-refractivity contribution >= 4 is 21.6 Å². The van der Waals surface area contributed by atoms with Crippen molar-refractivity contribution < 1.29 is 22.7 Å². The van der Waals surface area contributed by atoms with E-state index in [4.69, 9.17) is 9.47 Å². The van der Waals surface area contributed by atoms with E-state index in [1.807, 2.05) is 6.92 Å². The smallest absolute Gasteiger partial charge is 0.251 e. The Hall–Kier alpha value is -2.74. The van der Waals surface area contributed by atoms with Gasteiger partial charge >= 0.3 is 0 Å². The van der Waals surface area contributed by atoms with Crippen LogP contribution in [0.3, 0.4) is 0 Å². The molecule has 1 amide bonds. The largest absolute Gasteiger partial charge is 0.497 e. The number of amides is 1. The summed E-state index contributed by atoms with van der Waals surface area (Å²) in [6.07, 6.45) is 1.07. The summed E-state index contributed by atoms with van der Waals surface area (Å²) in [5, 5.41) is 2.85. The predicted octanol–water partition coefficient (Wildman–Crippen LogP) is 2.57. The van der Waals surface area contributed by atoms with Crippen LogP contribution in [0.1, 0.15) is 22.8 Å². The topological polar surface area (TPSA) is 93.7 Å². The minimum absolute atomic E-state index is 0.245. The minimum atomic E-state index is -3.42. The van der Waals surface area contributed by atoms with Gasteiger partial charge in [-0.1, -0.05) is 6.07 Å². The van der Waals surface area contributed by atoms with Crippen LogP contribution in [0, 0.1) is 6.92 Å². The molecular formula is C19H24N2O5S. The minimum Gasteiger partial charge on any atom is -0.497 e. The van der Waals surface area contributed by atoms with Gasteiger partial charge in [-0.2, -0.15) is 0 Å². The molecule has 2 rings (SSSR count). The highest BCUT2D eigenvalue weighted by Gasteiger charge is 2.16. The standard InChI is InChI=1S/C19H24N2O5S/c1-13(12-26-16-10-8-15(25-3)9-11-16)20-19(22)17-6-5-7-18(14(17)2)21-27(4,23)24/h5-11,13,21H,12H2,1-4H3,(H,20,22)/t13-/m0/s1. The number of hydrogen-bond acceptors (Lipinski definition) is 5. The third kappa shape index (κ3) is 6.18. The van der Waals surface area contributed by atoms with Gasteiger partial charge in [-0.05, 0) is 55.8 Å². The highest BCUT2D eigenvalue weighted by atomic mass is 32.2. The van der Waals surface area contributed by atoms with Crippen molar-refractivity contribution in [3.05, 3.63) is 53.6 Å². The lowest BCUT2D eigenvalue weighted by Crippen LogP contribution is -2.37. The average Bonchev–Trinajstić information content (AvgIpc) is 2.61. The fraction of sp³-hybridized carbons (Fsp3) is 0.316. The van der Waals surface area contributed by atoms with Crippen molar-refractivity contribution in [1.29, 1.82) is 0 Å². The summed E-state index contributed by atoms with van der Waals surface area (Å²) in [6.45, 7) is 3.81. The van der Waals surface area contributed by atoms with E-state index in [0.717, 1.165) is 12.0 Å². The lowest BCUT2D eigenvalue weighted by Gasteiger charge is -2.17. The van der Waals surface area contributed by atoms with Gasteiger partial charge < -0.3 is 14.8 Å². The maximum Gasteiger partial charge on any atom is 0.251 e. The fourth-order valence-corrected chi connectivity index (χ4v) is 3.05. The van der Waals surface area contributed by atoms with Crippen molar-refractivity contribution in [3.63, 3.8) is 0 Å². The van der Waals surface area contributed by atoms with Crippen LogP contribution in [0.15, 0.2) is 42.5 Å². The molecule has 0 saturated heterocycles. The van der Waals surface area contributed by atoms with Gasteiger partial charge in [0.2, 0.25) is 10.0 Å². The van der Waals surface area contributed by atoms with Crippen LogP contribution >= 0.6 is 0 Å². The molecule has 0 heterocycles. The zero-order valence-corrected chi connectivity index (χ0v) is 16.6. The van der Waals surface area contributed by atoms with Gasteiger partial charge in [-0.25, -0.2) is 8.42 Å². The second-order valence-corrected chi connectivity index (χ2v) is 7.96. The number of ether oxygens (including phenoxy) is 2. The molecule has 0 aliphatic heterocycles. The second-order valence-electron chi connectivity index (χ2n) is 6.21. The molecule has 0 saturated carbocycles. The summed E-state index contributed by atoms with van der Waals surface area (Å²) in [5.41, 5.74) is 1.34. The van der Waals surface area contributed by atoms with E-state index in [0.29, 0.717) is 29.2 Å². The van der Waals surface area contributed by atoms with Crippen LogP contribution < -0.4 is 19.5 Å². The number of methoxy groups -OCH3 is 1. The predicted molar refractivity (Wildman–Crippen MR) is 105 cm³/mol. The molecule has 27 heavy (non-hydrogen) atoms. The quantitative estimate of drug-likeness (QED) is 0.720. The molecule has 2 aromatic carbocycles. The molecular weight excluding hydrogens is 368 g/mol. The van der Waals surface area contributed by atoms with Gasteiger partial charge in [0.15, 0.2) is 0 Å². The van der Waals surface area contributed by atoms with Crippen LogP contribution in [-0.4, -0.2) is 40.3 Å². The number of carbonyl (C=O) groups excluding carboxylic acids is 1. The first-order valence-electron chi connectivity index (χ1n) is 8.34. The van der Waals surface area contributed by atoms with E-state index in [-0.39, 0.29) is 11.9 Å². The molecule has 0 radical (unpaired) electrons. The average molecular weight is 392 g/mol. The molecule has 2 aromatic rings. The van der Waals surface area contributed by atoms with E-state index in [1.54, 1.807) is 56.5 Å². The highest BCUT2D eigenvalue weighted by Crippen LogP contribution is 2.20. The van der Waals surface area contributed by atoms with E-state index < -0.39 is 10.0 Å². The Labute approximate surface area is 159 Å². The Bertz CT molecular complexity index is 895. The number of hydrogen-bond donors (Lipinski definition) is 2. The normalized spacial score (nSPS) is 12.1. The summed E-state index contributed by atoms with van der Waals surface area (Å²) in [6, 6.07) is 11.8. The zero-order chi connectivity index (χ0) is 20.0. The Morgan fingerprint density at radius 3 is 2.33 bits per heavy atom. The summed E-state index contributed by atoms with van der Waals surface area (Å²) >= 11 is 0. The first-order chi connectivity index (χ1) is 12.7. The Morgan fingerprint density at radius 2 is 1.74 bits per heavy atom. The SMILES string of the molecule is COc1ccc(OC[C@H](C)NC(=O)c2cccc(NS(C)(=O)=O)c2C)cc1. The number of benzene rings is 2. The molecule has 0 aliphatic rings. The third-order valence-corrected chi connectivity index (χ3v) is 4.40. The Balaban J connectivity index is 1.98. The molecule has 2 N–H and O–H groups in total. The fourth-order valence-electron chi connectivity index (χ4n) is 2.43. The van der Waals surface area contributed by atoms with E-state index >= 15 is 0 Å². The van der Waals surface area contributed by atoms with Crippen molar-refractivity contribution in [2.75, 3.05) is 24.7 Å². The first kappa shape index (κ1) is 20.6. The van der Waals surface area contributed by atoms with Crippen molar-refractivity contribution in [1.82, 2.24) is 5.32 Å². The molecule has 0 unspecified atom stereocenters. The van der Waals surface area contributed by atoms with Gasteiger partial charge in [-0.3, -0.25) is 9.52 Å². The molecule has 0 aliphatic carbocycles. The van der Waals surface area contributed by atoms with Gasteiger partial charge in [0.05, 0.1) is 25.1 Å². The highest BCUT2D eigenvalue weighted by molar-refractivity contribution is 7.92. The van der Waals surface area contributed by atoms with Crippen LogP contribution in [0.5, 0.6) is 11.5 Å². The van der Waals surface area contributed by atoms with Gasteiger partial charge in [-0.15, -0.1) is 0 Å². The summed E-state index contributed by atoms with van der Waals surface area (Å²) in [5.74, 6) is 1.12. The van der Waals surface area contributed by atoms with Gasteiger partial charge in [0.1, 0.15) is 18.1 Å². The lowest BCUT2D eigenvalue weighted by molar-refractivity contribution is 0.0926. The Morgan fingerprint density at radius 1 is 1.11 bits per heavy atom. The first-order valence-corrected chi connectivity index (χ1v) is 10.2. The molecule has 7 nitrogen and oxygen atoms in total. The molecule has 0 fully saturated rings. The number of nitrogens with one attached hydrogen (secondary N) is 2. The molecule has 0 aromatic heterocycles. The van der Waals surface area contributed by atoms with Gasteiger partial charge in [0.25, 0.3) is 5.91 Å². The van der Waals surface area contributed by atoms with Gasteiger partial charge in [0, 0.05) is 5.56 Å². The van der Waals surface area contributed by atoms with E-state index in [9.17, 15) is 13.2 Å². The van der Waals surface area contributed by atoms with E-state index in [1.165, 1.54) is 0 Å². The van der Waals surface area contributed by atoms with Crippen molar-refractivity contribution in [3.8, 4) is 11.5 Å². The lowest BCUT2D eigenvalue weighted by atomic mass is 10.1. The van der Waals surface area contributed by atoms with Crippen molar-refractivity contribution in [2.24, 2.45) is 0 Å². The maximum atomic E-state index is 12.5. The van der Waals surface area contributed by atoms with Crippen LogP contribution in [-0.2, 0) is 10.0 Å². The van der Waals surface area contributed by atoms with Crippen LogP contribution in [0.4, 0.5) is 5.69 Å². The summed E-state index contributed by atoms with van der Waals surface area (Å²) in [4.78, 5) is 12.5. The molecule has 8 heteroatoms. The van der Waals surface area contributed by atoms with Crippen molar-refractivity contribution in [2.45, 2.75) is 19.9 Å². The zero-order valence-electron chi connectivity index (χ0n) is 15.8. The van der Waals surface area contributed by atoms with E-state index in [2.05, 4.69) is 10.0 Å². The summed E-state index contributed by atoms with van der Waals surface area (Å²) in [7, 11) is -1.83. The molecule has 1 atom stereocenters. The third-order valence-electron chi connectivity index (χ3n) is 3.81. The number of sulfonamides is 1. The number of rotatable bonds is 8. The monoisotopic (exact) mass is 392 g/mol. The maximum absolute atomic E-state index is 12.5. The number of carbonyl (C=O) groups is 1. The number of anilines is 1. The van der Waals surface area contributed by atoms with Crippen LogP contribution in [0.25, 0.3) is 0 Å². The molecule has 146 valence electrons.